The fourth-order valence-electron chi connectivity index (χ4n) is 6.70. The fourth-order valence-corrected chi connectivity index (χ4v) is 6.70. The van der Waals surface area contributed by atoms with Crippen molar-refractivity contribution in [3.63, 3.8) is 0 Å². The average molecular weight is 289 g/mol. The van der Waals surface area contributed by atoms with Gasteiger partial charge in [-0.25, -0.2) is 8.78 Å². The Hall–Kier alpha value is -1.45. The third-order valence-electron chi connectivity index (χ3n) is 7.33. The van der Waals surface area contributed by atoms with E-state index in [9.17, 15) is 13.6 Å². The second-order valence-corrected chi connectivity index (χ2v) is 7.67. The van der Waals surface area contributed by atoms with Crippen molar-refractivity contribution in [2.24, 2.45) is 28.4 Å². The third-order valence-corrected chi connectivity index (χ3v) is 7.33. The molecule has 0 aliphatic heterocycles. The van der Waals surface area contributed by atoms with Crippen LogP contribution in [0.4, 0.5) is 8.78 Å². The number of amides is 1. The molecule has 1 amide bonds. The number of hydrogen-bond acceptors (Lipinski definition) is 1. The molecule has 21 heavy (non-hydrogen) atoms. The van der Waals surface area contributed by atoms with Crippen molar-refractivity contribution in [3.05, 3.63) is 35.9 Å². The number of primary amides is 1. The second kappa shape index (κ2) is 3.01. The molecule has 2 bridgehead atoms. The van der Waals surface area contributed by atoms with Crippen LogP contribution in [0.1, 0.15) is 31.2 Å². The summed E-state index contributed by atoms with van der Waals surface area (Å²) in [5.41, 5.74) is 5.47. The lowest BCUT2D eigenvalue weighted by molar-refractivity contribution is -0.357. The van der Waals surface area contributed by atoms with Gasteiger partial charge in [-0.2, -0.15) is 0 Å². The monoisotopic (exact) mass is 289 g/mol. The zero-order valence-corrected chi connectivity index (χ0v) is 11.6. The van der Waals surface area contributed by atoms with E-state index in [4.69, 9.17) is 5.73 Å². The lowest BCUT2D eigenvalue weighted by Crippen LogP contribution is -2.78. The smallest absolute Gasteiger partial charge is 0.254 e. The quantitative estimate of drug-likeness (QED) is 0.894. The number of halogens is 2. The highest BCUT2D eigenvalue weighted by molar-refractivity contribution is 5.83. The van der Waals surface area contributed by atoms with Crippen LogP contribution in [0.3, 0.4) is 0 Å². The van der Waals surface area contributed by atoms with Gasteiger partial charge in [0.25, 0.3) is 5.92 Å². The topological polar surface area (TPSA) is 43.1 Å². The standard InChI is InChI=1S/C17H17F2NO/c18-17(19)11-6-14(13(20)21)8-15(10-4-2-1-3-5-10)7-12(17)16(11,15)9-14/h1-5,11-12H,6-9H2,(H2,20,21). The predicted octanol–water partition coefficient (Wildman–Crippen LogP) is 2.87. The highest BCUT2D eigenvalue weighted by atomic mass is 19.3. The van der Waals surface area contributed by atoms with Crippen LogP contribution in [0.2, 0.25) is 0 Å². The number of carbonyl (C=O) groups excluding carboxylic acids is 1. The molecular formula is C17H17F2NO. The molecule has 5 unspecified atom stereocenters. The minimum absolute atomic E-state index is 0.238. The average Bonchev–Trinajstić information content (AvgIpc) is 2.92. The van der Waals surface area contributed by atoms with Crippen molar-refractivity contribution in [3.8, 4) is 0 Å². The number of carbonyl (C=O) groups is 1. The Morgan fingerprint density at radius 2 is 1.76 bits per heavy atom. The number of fused-ring (bicyclic) bond motifs is 1. The summed E-state index contributed by atoms with van der Waals surface area (Å²) in [7, 11) is 0. The van der Waals surface area contributed by atoms with E-state index in [0.717, 1.165) is 5.56 Å². The molecule has 1 aromatic rings. The van der Waals surface area contributed by atoms with Crippen LogP contribution < -0.4 is 5.73 Å². The molecule has 4 aliphatic carbocycles. The highest BCUT2D eigenvalue weighted by Crippen LogP contribution is 2.92. The fraction of sp³-hybridized carbons (Fsp3) is 0.588. The first-order valence-corrected chi connectivity index (χ1v) is 7.62. The first kappa shape index (κ1) is 12.1. The lowest BCUT2D eigenvalue weighted by Gasteiger charge is -2.75. The zero-order chi connectivity index (χ0) is 14.7. The molecule has 4 fully saturated rings. The number of benzene rings is 1. The van der Waals surface area contributed by atoms with Gasteiger partial charge in [-0.1, -0.05) is 30.3 Å². The van der Waals surface area contributed by atoms with Crippen LogP contribution in [-0.4, -0.2) is 11.8 Å². The maximum absolute atomic E-state index is 14.3. The molecular weight excluding hydrogens is 272 g/mol. The number of nitrogens with two attached hydrogens (primary N) is 1. The molecule has 5 atom stereocenters. The Morgan fingerprint density at radius 3 is 2.43 bits per heavy atom. The highest BCUT2D eigenvalue weighted by Gasteiger charge is 2.94. The van der Waals surface area contributed by atoms with Crippen molar-refractivity contribution >= 4 is 5.91 Å². The summed E-state index contributed by atoms with van der Waals surface area (Å²) in [5, 5.41) is 0. The minimum Gasteiger partial charge on any atom is -0.369 e. The van der Waals surface area contributed by atoms with E-state index in [1.807, 2.05) is 30.3 Å². The number of hydrogen-bond donors (Lipinski definition) is 1. The maximum Gasteiger partial charge on any atom is 0.254 e. The molecule has 1 spiro atoms. The summed E-state index contributed by atoms with van der Waals surface area (Å²) >= 11 is 0. The molecule has 2 nitrogen and oxygen atoms in total. The maximum atomic E-state index is 14.3. The normalized spacial score (nSPS) is 51.0. The molecule has 4 saturated carbocycles. The molecule has 0 radical (unpaired) electrons. The van der Waals surface area contributed by atoms with E-state index in [0.29, 0.717) is 25.7 Å². The third kappa shape index (κ3) is 0.939. The molecule has 2 N–H and O–H groups in total. The van der Waals surface area contributed by atoms with Crippen molar-refractivity contribution < 1.29 is 13.6 Å². The van der Waals surface area contributed by atoms with Crippen LogP contribution >= 0.6 is 0 Å². The molecule has 0 saturated heterocycles. The van der Waals surface area contributed by atoms with Crippen LogP contribution in [-0.2, 0) is 10.2 Å². The van der Waals surface area contributed by atoms with Crippen molar-refractivity contribution in [2.45, 2.75) is 37.0 Å². The number of alkyl halides is 2. The Labute approximate surface area is 121 Å². The van der Waals surface area contributed by atoms with Gasteiger partial charge >= 0.3 is 0 Å². The zero-order valence-electron chi connectivity index (χ0n) is 11.6. The Bertz CT molecular complexity index is 675. The molecule has 4 heteroatoms. The van der Waals surface area contributed by atoms with E-state index in [2.05, 4.69) is 0 Å². The van der Waals surface area contributed by atoms with Gasteiger partial charge in [0.1, 0.15) is 0 Å². The SMILES string of the molecule is NC(=O)C12CC3C(F)(F)C4CC(c5ccccc5)(C1)C34C2. The molecule has 5 rings (SSSR count). The summed E-state index contributed by atoms with van der Waals surface area (Å²) in [6, 6.07) is 9.94. The van der Waals surface area contributed by atoms with E-state index in [-0.39, 0.29) is 16.7 Å². The van der Waals surface area contributed by atoms with Gasteiger partial charge in [-0.15, -0.1) is 0 Å². The summed E-state index contributed by atoms with van der Waals surface area (Å²) in [5.74, 6) is -4.16. The largest absolute Gasteiger partial charge is 0.369 e. The molecule has 0 aromatic heterocycles. The number of rotatable bonds is 2. The lowest BCUT2D eigenvalue weighted by atomic mass is 9.29. The Kier molecular flexibility index (Phi) is 1.74. The first-order valence-electron chi connectivity index (χ1n) is 7.62. The molecule has 1 aromatic carbocycles. The van der Waals surface area contributed by atoms with Crippen LogP contribution in [0.25, 0.3) is 0 Å². The van der Waals surface area contributed by atoms with Crippen LogP contribution in [0.5, 0.6) is 0 Å². The van der Waals surface area contributed by atoms with Gasteiger partial charge in [-0.3, -0.25) is 4.79 Å². The second-order valence-electron chi connectivity index (χ2n) is 7.67. The van der Waals surface area contributed by atoms with Gasteiger partial charge in [0, 0.05) is 17.3 Å². The minimum atomic E-state index is -2.60. The van der Waals surface area contributed by atoms with E-state index in [1.165, 1.54) is 0 Å². The Balaban J connectivity index is 1.70. The van der Waals surface area contributed by atoms with E-state index >= 15 is 0 Å². The van der Waals surface area contributed by atoms with E-state index in [1.54, 1.807) is 0 Å². The summed E-state index contributed by atoms with van der Waals surface area (Å²) in [6.07, 6.45) is 2.05. The van der Waals surface area contributed by atoms with Crippen LogP contribution in [0, 0.1) is 22.7 Å². The van der Waals surface area contributed by atoms with Gasteiger partial charge < -0.3 is 5.73 Å². The van der Waals surface area contributed by atoms with Crippen molar-refractivity contribution in [2.75, 3.05) is 0 Å². The molecule has 0 heterocycles. The summed E-state index contributed by atoms with van der Waals surface area (Å²) in [6.45, 7) is 0. The van der Waals surface area contributed by atoms with E-state index < -0.39 is 23.2 Å². The van der Waals surface area contributed by atoms with Gasteiger partial charge in [-0.05, 0) is 36.7 Å². The first-order chi connectivity index (χ1) is 9.89. The summed E-state index contributed by atoms with van der Waals surface area (Å²) < 4.78 is 28.7. The van der Waals surface area contributed by atoms with Gasteiger partial charge in [0.05, 0.1) is 5.41 Å². The Morgan fingerprint density at radius 1 is 1.10 bits per heavy atom. The molecule has 110 valence electrons. The van der Waals surface area contributed by atoms with Gasteiger partial charge in [0.15, 0.2) is 0 Å². The predicted molar refractivity (Wildman–Crippen MR) is 72.6 cm³/mol. The van der Waals surface area contributed by atoms with Crippen molar-refractivity contribution in [1.29, 1.82) is 0 Å². The summed E-state index contributed by atoms with van der Waals surface area (Å²) in [4.78, 5) is 12.0. The van der Waals surface area contributed by atoms with Crippen LogP contribution in [0.15, 0.2) is 30.3 Å². The van der Waals surface area contributed by atoms with Gasteiger partial charge in [0.2, 0.25) is 5.91 Å². The molecule has 4 aliphatic rings. The van der Waals surface area contributed by atoms with Crippen molar-refractivity contribution in [1.82, 2.24) is 0 Å².